The van der Waals surface area contributed by atoms with E-state index in [1.54, 1.807) is 0 Å². The van der Waals surface area contributed by atoms with Gasteiger partial charge in [-0.05, 0) is 175 Å². The lowest BCUT2D eigenvalue weighted by atomic mass is 9.94. The van der Waals surface area contributed by atoms with Gasteiger partial charge in [-0.15, -0.1) is 0 Å². The van der Waals surface area contributed by atoms with Crippen molar-refractivity contribution < 1.29 is 1.37 Å². The number of nitrogens with zero attached hydrogens (tertiary/aromatic N) is 11. The van der Waals surface area contributed by atoms with Crippen LogP contribution in [0.3, 0.4) is 0 Å². The van der Waals surface area contributed by atoms with E-state index in [2.05, 4.69) is 423 Å². The third-order valence-corrected chi connectivity index (χ3v) is 27.1. The number of benzene rings is 21. The zero-order chi connectivity index (χ0) is 94.7. The molecule has 28 rings (SSSR count). The van der Waals surface area contributed by atoms with Gasteiger partial charge in [0.2, 0.25) is 0 Å². The second kappa shape index (κ2) is 38.3. The minimum absolute atomic E-state index is 0.318. The molecule has 0 unspecified atom stereocenters. The predicted octanol–water partition coefficient (Wildman–Crippen LogP) is 33.1. The first-order valence-corrected chi connectivity index (χ1v) is 48.2. The summed E-state index contributed by atoms with van der Waals surface area (Å²) in [7, 11) is 0. The Morgan fingerprint density at radius 3 is 0.748 bits per heavy atom. The van der Waals surface area contributed by atoms with Gasteiger partial charge >= 0.3 is 0 Å². The first kappa shape index (κ1) is 86.0. The van der Waals surface area contributed by atoms with Crippen LogP contribution in [0.4, 0.5) is 0 Å². The van der Waals surface area contributed by atoms with E-state index in [9.17, 15) is 0 Å². The Morgan fingerprint density at radius 1 is 0.165 bits per heavy atom. The molecule has 7 heterocycles. The maximum absolute atomic E-state index is 7.58. The third-order valence-electron chi connectivity index (χ3n) is 27.1. The molecule has 11 heteroatoms. The maximum atomic E-state index is 7.58. The molecular weight excluding hydrogens is 1690 g/mol. The number of rotatable bonds is 6. The van der Waals surface area contributed by atoms with Gasteiger partial charge in [0.25, 0.3) is 0 Å². The van der Waals surface area contributed by atoms with Gasteiger partial charge in [0, 0.05) is 134 Å². The fraction of sp³-hybridized carbons (Fsp3) is 0.102. The van der Waals surface area contributed by atoms with E-state index < -0.39 is 0 Å². The molecule has 11 nitrogen and oxygen atoms in total. The number of aryl methyl sites for hydroxylation is 7. The molecule has 0 spiro atoms. The van der Waals surface area contributed by atoms with E-state index in [4.69, 9.17) is 26.3 Å². The van der Waals surface area contributed by atoms with Crippen molar-refractivity contribution in [3.05, 3.63) is 441 Å². The number of pyridine rings is 3. The van der Waals surface area contributed by atoms with Gasteiger partial charge in [-0.1, -0.05) is 387 Å². The summed E-state index contributed by atoms with van der Waals surface area (Å²) in [6.45, 7) is 13.0. The summed E-state index contributed by atoms with van der Waals surface area (Å²) in [4.78, 5) is 51.1. The summed E-state index contributed by atoms with van der Waals surface area (Å²) < 4.78 is 7.58. The Bertz CT molecular complexity index is 7900. The summed E-state index contributed by atoms with van der Waals surface area (Å²) in [5.41, 5.74) is 12.7. The highest BCUT2D eigenvalue weighted by Crippen LogP contribution is 2.42. The molecule has 0 aliphatic carbocycles. The van der Waals surface area contributed by atoms with Crippen LogP contribution in [-0.2, 0) is 38.5 Å². The summed E-state index contributed by atoms with van der Waals surface area (Å²) in [6, 6.07) is 126. The molecule has 0 fully saturated rings. The van der Waals surface area contributed by atoms with Crippen molar-refractivity contribution >= 4 is 227 Å². The van der Waals surface area contributed by atoms with E-state index in [-0.39, 0.29) is 0 Å². The van der Waals surface area contributed by atoms with Crippen molar-refractivity contribution in [2.24, 2.45) is 0 Å². The van der Waals surface area contributed by atoms with E-state index in [1.165, 1.54) is 178 Å². The van der Waals surface area contributed by atoms with Crippen molar-refractivity contribution in [3.8, 4) is 0 Å². The summed E-state index contributed by atoms with van der Waals surface area (Å²) in [5, 5.41) is 43.4. The van der Waals surface area contributed by atoms with Crippen molar-refractivity contribution in [1.82, 2.24) is 54.8 Å². The van der Waals surface area contributed by atoms with Crippen molar-refractivity contribution in [3.63, 3.8) is 0 Å². The Labute approximate surface area is 806 Å². The molecule has 0 saturated carbocycles. The van der Waals surface area contributed by atoms with Crippen LogP contribution in [0.2, 0.25) is 0 Å². The smallest absolute Gasteiger partial charge is 0.128 e. The number of fused-ring (bicyclic) bond motifs is 42. The van der Waals surface area contributed by atoms with Gasteiger partial charge in [-0.2, -0.15) is 0 Å². The molecule has 0 amide bonds. The first-order chi connectivity index (χ1) is 69.2. The number of aromatic nitrogens is 11. The normalized spacial score (nSPS) is 11.5. The Morgan fingerprint density at radius 2 is 0.410 bits per heavy atom. The van der Waals surface area contributed by atoms with Crippen LogP contribution in [-0.4, -0.2) is 54.8 Å². The van der Waals surface area contributed by atoms with E-state index >= 15 is 0 Å². The van der Waals surface area contributed by atoms with Crippen LogP contribution in [0.5, 0.6) is 0 Å². The van der Waals surface area contributed by atoms with Gasteiger partial charge in [0.15, 0.2) is 0 Å². The van der Waals surface area contributed by atoms with Crippen LogP contribution in [0.15, 0.2) is 401 Å². The summed E-state index contributed by atoms with van der Waals surface area (Å²) in [6.07, 6.45) is 19.0. The van der Waals surface area contributed by atoms with Crippen molar-refractivity contribution in [2.45, 2.75) is 87.0 Å². The lowest BCUT2D eigenvalue weighted by Gasteiger charge is -2.10. The molecule has 0 atom stereocenters. The van der Waals surface area contributed by atoms with Gasteiger partial charge in [-0.3, -0.25) is 24.9 Å². The van der Waals surface area contributed by atoms with Gasteiger partial charge < -0.3 is 0 Å². The molecule has 7 aromatic heterocycles. The predicted molar refractivity (Wildman–Crippen MR) is 589 cm³/mol. The van der Waals surface area contributed by atoms with E-state index in [0.717, 1.165) is 128 Å². The van der Waals surface area contributed by atoms with E-state index in [0.29, 0.717) is 6.90 Å². The highest BCUT2D eigenvalue weighted by atomic mass is 14.9. The van der Waals surface area contributed by atoms with Crippen LogP contribution in [0.25, 0.3) is 227 Å². The molecule has 666 valence electrons. The SMILES string of the molecule is CCc1cc2c3ccccc3c3ccccc3c2cn1.CCc1ccc2c3ccccc3c3ccccc3c2n1.CCc1cnc2c3ccccc3c3ccccc3c2n1.CCc1cnc2c3ccccc3c3ccccc3c2n1.CCc1ncc2c3ccccc3c3ccccc3c2n1.CCc1ncc2c3ccccc3c3ccccc3c2n1.[2H]Cc1ccc2c3ccncc3c3ccccc3c2c1. The van der Waals surface area contributed by atoms with Crippen LogP contribution in [0.1, 0.15) is 82.9 Å². The van der Waals surface area contributed by atoms with Crippen molar-refractivity contribution in [1.29, 1.82) is 0 Å². The van der Waals surface area contributed by atoms with Crippen LogP contribution < -0.4 is 0 Å². The summed E-state index contributed by atoms with van der Waals surface area (Å²) >= 11 is 0. The standard InChI is InChI=1S/2C19H15N.4C18H14N2.C18H13N/c1-2-13-11-18-16-9-5-3-7-14(16)15-8-4-6-10-17(15)19(18)12-20-13;1-2-13-11-12-18-16-9-4-3-7-14(16)15-8-5-6-10-17(15)19(18)20-13;2*1-2-12-11-19-17-15-9-5-3-7-13(15)14-8-4-6-10-16(14)18(17)20-12;2*1-2-17-19-11-16-14-9-4-3-7-12(14)13-8-5-6-10-15(13)18(16)20-17;1-12-6-7-15-16-8-9-19-11-18(16)14-5-3-2-4-13(14)17(15)10-12/h2*3-12H,2H2,1H3;4*3-11H,2H2,1H3;2-11H,1H3/i;;;;;;1D. The zero-order valence-corrected chi connectivity index (χ0v) is 78.5. The lowest BCUT2D eigenvalue weighted by Crippen LogP contribution is -1.94. The minimum Gasteiger partial charge on any atom is -0.264 e. The molecule has 139 heavy (non-hydrogen) atoms. The second-order valence-corrected chi connectivity index (χ2v) is 35.1. The van der Waals surface area contributed by atoms with Gasteiger partial charge in [-0.25, -0.2) is 29.9 Å². The van der Waals surface area contributed by atoms with Crippen LogP contribution >= 0.6 is 0 Å². The number of hydrogen-bond donors (Lipinski definition) is 0. The highest BCUT2D eigenvalue weighted by molar-refractivity contribution is 6.30. The van der Waals surface area contributed by atoms with Crippen LogP contribution in [0, 0.1) is 6.90 Å². The topological polar surface area (TPSA) is 142 Å². The molecule has 0 radical (unpaired) electrons. The lowest BCUT2D eigenvalue weighted by molar-refractivity contribution is 0.963. The van der Waals surface area contributed by atoms with Gasteiger partial charge in [0.05, 0.1) is 50.0 Å². The fourth-order valence-electron chi connectivity index (χ4n) is 20.3. The van der Waals surface area contributed by atoms with Crippen molar-refractivity contribution in [2.75, 3.05) is 0 Å². The third kappa shape index (κ3) is 16.3. The molecule has 0 saturated heterocycles. The highest BCUT2D eigenvalue weighted by Gasteiger charge is 2.19. The molecular formula is C128H99N11. The fourth-order valence-corrected chi connectivity index (χ4v) is 20.3. The average molecular weight is 1790 g/mol. The average Bonchev–Trinajstić information content (AvgIpc) is 0.779. The van der Waals surface area contributed by atoms with E-state index in [1.807, 2.05) is 49.4 Å². The first-order valence-electron chi connectivity index (χ1n) is 48.9. The Hall–Kier alpha value is -17.2. The zero-order valence-electron chi connectivity index (χ0n) is 79.5. The molecule has 0 N–H and O–H groups in total. The summed E-state index contributed by atoms with van der Waals surface area (Å²) in [5.74, 6) is 1.80. The maximum Gasteiger partial charge on any atom is 0.128 e. The molecule has 28 aromatic rings. The molecule has 0 aliphatic heterocycles. The molecule has 0 aliphatic rings. The largest absolute Gasteiger partial charge is 0.264 e. The molecule has 21 aromatic carbocycles. The molecule has 0 bridgehead atoms. The number of hydrogen-bond acceptors (Lipinski definition) is 11. The quantitative estimate of drug-likeness (QED) is 0.147. The second-order valence-electron chi connectivity index (χ2n) is 35.1. The monoisotopic (exact) mass is 1790 g/mol. The Balaban J connectivity index is 0.0000000939. The minimum atomic E-state index is 0.318. The Kier molecular flexibility index (Phi) is 23.7. The van der Waals surface area contributed by atoms with Gasteiger partial charge in [0.1, 0.15) is 11.6 Å².